The van der Waals surface area contributed by atoms with Crippen LogP contribution in [-0.2, 0) is 11.3 Å². The van der Waals surface area contributed by atoms with Gasteiger partial charge in [0.1, 0.15) is 22.8 Å². The average molecular weight is 353 g/mol. The van der Waals surface area contributed by atoms with Gasteiger partial charge in [-0.05, 0) is 19.1 Å². The molecule has 0 saturated carbocycles. The third kappa shape index (κ3) is 3.62. The third-order valence-corrected chi connectivity index (χ3v) is 3.69. The van der Waals surface area contributed by atoms with Crippen molar-refractivity contribution in [3.05, 3.63) is 45.9 Å². The van der Waals surface area contributed by atoms with Crippen molar-refractivity contribution in [1.29, 1.82) is 0 Å². The van der Waals surface area contributed by atoms with Crippen molar-refractivity contribution in [3.8, 4) is 5.75 Å². The number of ether oxygens (including phenoxy) is 2. The Bertz CT molecular complexity index is 785. The van der Waals surface area contributed by atoms with Crippen LogP contribution in [0.15, 0.2) is 22.6 Å². The molecule has 1 amide bonds. The van der Waals surface area contributed by atoms with Gasteiger partial charge in [0.05, 0.1) is 37.0 Å². The highest BCUT2D eigenvalue weighted by Crippen LogP contribution is 2.28. The molecule has 0 aliphatic rings. The van der Waals surface area contributed by atoms with Gasteiger partial charge in [0, 0.05) is 6.07 Å². The number of rotatable bonds is 5. The van der Waals surface area contributed by atoms with E-state index < -0.39 is 11.9 Å². The molecule has 2 aromatic rings. The highest BCUT2D eigenvalue weighted by atomic mass is 35.5. The standard InChI is InChI=1S/C16H17ClN2O5/c1-8-10(16(21)23-3)4-9(24-8)7-19-15(20)11-5-12(17)13(18)6-14(11)22-2/h4-6H,7,18H2,1-3H3,(H,19,20). The number of esters is 1. The predicted octanol–water partition coefficient (Wildman–Crippen LogP) is 2.55. The number of halogens is 1. The number of nitrogens with one attached hydrogen (secondary N) is 1. The highest BCUT2D eigenvalue weighted by molar-refractivity contribution is 6.33. The van der Waals surface area contributed by atoms with E-state index in [9.17, 15) is 9.59 Å². The first-order valence-corrected chi connectivity index (χ1v) is 7.34. The Morgan fingerprint density at radius 1 is 1.25 bits per heavy atom. The summed E-state index contributed by atoms with van der Waals surface area (Å²) in [5.41, 5.74) is 6.56. The number of nitrogen functional groups attached to an aromatic ring is 1. The van der Waals surface area contributed by atoms with Gasteiger partial charge in [0.25, 0.3) is 5.91 Å². The molecule has 0 aliphatic carbocycles. The van der Waals surface area contributed by atoms with Crippen LogP contribution in [0, 0.1) is 6.92 Å². The normalized spacial score (nSPS) is 10.3. The van der Waals surface area contributed by atoms with Crippen LogP contribution in [0.4, 0.5) is 5.69 Å². The number of nitrogens with two attached hydrogens (primary N) is 1. The monoisotopic (exact) mass is 352 g/mol. The van der Waals surface area contributed by atoms with E-state index in [1.54, 1.807) is 6.92 Å². The van der Waals surface area contributed by atoms with E-state index in [1.807, 2.05) is 0 Å². The lowest BCUT2D eigenvalue weighted by atomic mass is 10.1. The van der Waals surface area contributed by atoms with E-state index >= 15 is 0 Å². The molecule has 1 aromatic carbocycles. The molecular weight excluding hydrogens is 336 g/mol. The molecule has 0 atom stereocenters. The first-order valence-electron chi connectivity index (χ1n) is 6.96. The van der Waals surface area contributed by atoms with Crippen molar-refractivity contribution in [3.63, 3.8) is 0 Å². The zero-order chi connectivity index (χ0) is 17.9. The number of methoxy groups -OCH3 is 2. The fourth-order valence-electron chi connectivity index (χ4n) is 2.12. The van der Waals surface area contributed by atoms with Gasteiger partial charge in [0.2, 0.25) is 0 Å². The molecule has 0 spiro atoms. The number of benzene rings is 1. The van der Waals surface area contributed by atoms with Crippen LogP contribution in [0.2, 0.25) is 5.02 Å². The smallest absolute Gasteiger partial charge is 0.341 e. The second-order valence-electron chi connectivity index (χ2n) is 4.93. The number of amides is 1. The van der Waals surface area contributed by atoms with Gasteiger partial charge in [-0.1, -0.05) is 11.6 Å². The fraction of sp³-hybridized carbons (Fsp3) is 0.250. The van der Waals surface area contributed by atoms with E-state index in [0.717, 1.165) is 0 Å². The number of carbonyl (C=O) groups is 2. The summed E-state index contributed by atoms with van der Waals surface area (Å²) in [5.74, 6) is 0.226. The Kier molecular flexibility index (Phi) is 5.35. The molecular formula is C16H17ClN2O5. The molecule has 128 valence electrons. The van der Waals surface area contributed by atoms with Crippen LogP contribution in [0.25, 0.3) is 0 Å². The lowest BCUT2D eigenvalue weighted by molar-refractivity contribution is 0.0598. The first-order chi connectivity index (χ1) is 11.4. The van der Waals surface area contributed by atoms with E-state index in [2.05, 4.69) is 10.1 Å². The van der Waals surface area contributed by atoms with Crippen LogP contribution in [0.1, 0.15) is 32.2 Å². The maximum atomic E-state index is 12.3. The van der Waals surface area contributed by atoms with Gasteiger partial charge < -0.3 is 24.9 Å². The molecule has 1 heterocycles. The molecule has 1 aromatic heterocycles. The average Bonchev–Trinajstić information content (AvgIpc) is 2.94. The number of furan rings is 1. The number of anilines is 1. The van der Waals surface area contributed by atoms with Crippen LogP contribution < -0.4 is 15.8 Å². The second-order valence-corrected chi connectivity index (χ2v) is 5.34. The van der Waals surface area contributed by atoms with Crippen molar-refractivity contribution < 1.29 is 23.5 Å². The van der Waals surface area contributed by atoms with Gasteiger partial charge >= 0.3 is 5.97 Å². The van der Waals surface area contributed by atoms with Gasteiger partial charge in [-0.25, -0.2) is 4.79 Å². The topological polar surface area (TPSA) is 104 Å². The zero-order valence-corrected chi connectivity index (χ0v) is 14.2. The molecule has 0 saturated heterocycles. The molecule has 0 fully saturated rings. The van der Waals surface area contributed by atoms with Gasteiger partial charge in [-0.2, -0.15) is 0 Å². The summed E-state index contributed by atoms with van der Waals surface area (Å²) in [6.07, 6.45) is 0. The Hall–Kier alpha value is -2.67. The summed E-state index contributed by atoms with van der Waals surface area (Å²) < 4.78 is 15.2. The highest BCUT2D eigenvalue weighted by Gasteiger charge is 2.18. The SMILES string of the molecule is COC(=O)c1cc(CNC(=O)c2cc(Cl)c(N)cc2OC)oc1C. The maximum Gasteiger partial charge on any atom is 0.341 e. The van der Waals surface area contributed by atoms with Crippen LogP contribution in [0.3, 0.4) is 0 Å². The molecule has 7 nitrogen and oxygen atoms in total. The Morgan fingerprint density at radius 2 is 1.96 bits per heavy atom. The number of hydrogen-bond donors (Lipinski definition) is 2. The van der Waals surface area contributed by atoms with Gasteiger partial charge in [-0.15, -0.1) is 0 Å². The summed E-state index contributed by atoms with van der Waals surface area (Å²) in [7, 11) is 2.71. The summed E-state index contributed by atoms with van der Waals surface area (Å²) in [5, 5.41) is 2.92. The lowest BCUT2D eigenvalue weighted by Crippen LogP contribution is -2.23. The van der Waals surface area contributed by atoms with Crippen molar-refractivity contribution >= 4 is 29.2 Å². The fourth-order valence-corrected chi connectivity index (χ4v) is 2.29. The Morgan fingerprint density at radius 3 is 2.58 bits per heavy atom. The largest absolute Gasteiger partial charge is 0.496 e. The van der Waals surface area contributed by atoms with E-state index in [4.69, 9.17) is 26.5 Å². The minimum atomic E-state index is -0.499. The molecule has 2 rings (SSSR count). The van der Waals surface area contributed by atoms with Gasteiger partial charge in [0.15, 0.2) is 0 Å². The number of hydrogen-bond acceptors (Lipinski definition) is 6. The van der Waals surface area contributed by atoms with Crippen LogP contribution >= 0.6 is 11.6 Å². The number of carbonyl (C=O) groups excluding carboxylic acids is 2. The Balaban J connectivity index is 2.14. The van der Waals surface area contributed by atoms with Gasteiger partial charge in [-0.3, -0.25) is 4.79 Å². The molecule has 24 heavy (non-hydrogen) atoms. The summed E-state index contributed by atoms with van der Waals surface area (Å²) in [6, 6.07) is 4.43. The van der Waals surface area contributed by atoms with Crippen LogP contribution in [-0.4, -0.2) is 26.1 Å². The Labute approximate surface area is 143 Å². The minimum Gasteiger partial charge on any atom is -0.496 e. The third-order valence-electron chi connectivity index (χ3n) is 3.36. The lowest BCUT2D eigenvalue weighted by Gasteiger charge is -2.10. The molecule has 0 aliphatic heterocycles. The van der Waals surface area contributed by atoms with Crippen LogP contribution in [0.5, 0.6) is 5.75 Å². The number of aryl methyl sites for hydroxylation is 1. The predicted molar refractivity (Wildman–Crippen MR) is 88.4 cm³/mol. The molecule has 0 radical (unpaired) electrons. The summed E-state index contributed by atoms with van der Waals surface area (Å²) >= 11 is 5.95. The van der Waals surface area contributed by atoms with Crippen molar-refractivity contribution in [1.82, 2.24) is 5.32 Å². The molecule has 3 N–H and O–H groups in total. The minimum absolute atomic E-state index is 0.0851. The zero-order valence-electron chi connectivity index (χ0n) is 13.4. The van der Waals surface area contributed by atoms with Crippen molar-refractivity contribution in [2.45, 2.75) is 13.5 Å². The second kappa shape index (κ2) is 7.27. The van der Waals surface area contributed by atoms with E-state index in [1.165, 1.54) is 32.4 Å². The quantitative estimate of drug-likeness (QED) is 0.633. The summed E-state index contributed by atoms with van der Waals surface area (Å²) in [6.45, 7) is 1.72. The summed E-state index contributed by atoms with van der Waals surface area (Å²) in [4.78, 5) is 23.9. The first kappa shape index (κ1) is 17.7. The maximum absolute atomic E-state index is 12.3. The van der Waals surface area contributed by atoms with E-state index in [0.29, 0.717) is 28.5 Å². The molecule has 0 unspecified atom stereocenters. The van der Waals surface area contributed by atoms with Crippen molar-refractivity contribution in [2.24, 2.45) is 0 Å². The van der Waals surface area contributed by atoms with Crippen molar-refractivity contribution in [2.75, 3.05) is 20.0 Å². The van der Waals surface area contributed by atoms with E-state index in [-0.39, 0.29) is 17.1 Å². The molecule has 0 bridgehead atoms. The molecule has 8 heteroatoms.